The number of carbonyl (C=O) groups is 1. The molecule has 0 radical (unpaired) electrons. The van der Waals surface area contributed by atoms with Gasteiger partial charge in [0.1, 0.15) is 17.6 Å². The van der Waals surface area contributed by atoms with Crippen LogP contribution in [0.3, 0.4) is 0 Å². The second-order valence-electron chi connectivity index (χ2n) is 9.89. The van der Waals surface area contributed by atoms with Crippen LogP contribution in [-0.4, -0.2) is 48.1 Å². The van der Waals surface area contributed by atoms with E-state index in [4.69, 9.17) is 9.47 Å². The summed E-state index contributed by atoms with van der Waals surface area (Å²) in [5, 5.41) is 14.3. The maximum Gasteiger partial charge on any atom is 0.416 e. The molecule has 1 heterocycles. The zero-order valence-electron chi connectivity index (χ0n) is 20.6. The molecule has 192 valence electrons. The van der Waals surface area contributed by atoms with Gasteiger partial charge in [-0.1, -0.05) is 24.3 Å². The fourth-order valence-corrected chi connectivity index (χ4v) is 4.28. The molecule has 1 aliphatic heterocycles. The van der Waals surface area contributed by atoms with E-state index in [0.717, 1.165) is 17.7 Å². The Kier molecular flexibility index (Phi) is 8.01. The standard InChI is InChI=1S/C26H33F3N2O4/c1-16(18-7-6-8-20(13-18)34-5)30-23(32)22-15-31(24(33)35-25(2,3)4)14-21(22)17-9-11-19(12-10-17)26(27,28)29/h6-13,16,21-23,30,32H,14-15H2,1-5H3/t16-,21-,22+,23?/m0/s1. The van der Waals surface area contributed by atoms with E-state index in [-0.39, 0.29) is 25.0 Å². The van der Waals surface area contributed by atoms with Crippen LogP contribution in [0.15, 0.2) is 48.5 Å². The van der Waals surface area contributed by atoms with Gasteiger partial charge >= 0.3 is 12.3 Å². The van der Waals surface area contributed by atoms with E-state index in [1.54, 1.807) is 27.9 Å². The molecule has 35 heavy (non-hydrogen) atoms. The van der Waals surface area contributed by atoms with E-state index in [1.807, 2.05) is 31.2 Å². The smallest absolute Gasteiger partial charge is 0.416 e. The van der Waals surface area contributed by atoms with Crippen LogP contribution in [0.1, 0.15) is 56.3 Å². The number of halogens is 3. The minimum Gasteiger partial charge on any atom is -0.497 e. The predicted molar refractivity (Wildman–Crippen MR) is 126 cm³/mol. The number of carbonyl (C=O) groups excluding carboxylic acids is 1. The lowest BCUT2D eigenvalue weighted by atomic mass is 9.87. The fourth-order valence-electron chi connectivity index (χ4n) is 4.28. The van der Waals surface area contributed by atoms with Crippen molar-refractivity contribution >= 4 is 6.09 Å². The molecular weight excluding hydrogens is 461 g/mol. The van der Waals surface area contributed by atoms with Gasteiger partial charge in [0.15, 0.2) is 0 Å². The first-order valence-electron chi connectivity index (χ1n) is 11.5. The van der Waals surface area contributed by atoms with Crippen LogP contribution in [0, 0.1) is 5.92 Å². The molecule has 3 rings (SSSR count). The second kappa shape index (κ2) is 10.5. The van der Waals surface area contributed by atoms with Gasteiger partial charge in [0, 0.05) is 31.0 Å². The van der Waals surface area contributed by atoms with Crippen molar-refractivity contribution in [2.45, 2.75) is 57.7 Å². The SMILES string of the molecule is COc1cccc([C@H](C)NC(O)[C@@H]2CN(C(=O)OC(C)(C)C)C[C@H]2c2ccc(C(F)(F)F)cc2)c1. The quantitative estimate of drug-likeness (QED) is 0.531. The molecule has 0 saturated carbocycles. The van der Waals surface area contributed by atoms with Crippen LogP contribution < -0.4 is 10.1 Å². The Hall–Kier alpha value is -2.78. The summed E-state index contributed by atoms with van der Waals surface area (Å²) in [6.45, 7) is 7.59. The van der Waals surface area contributed by atoms with E-state index >= 15 is 0 Å². The average Bonchev–Trinajstić information content (AvgIpc) is 3.23. The number of aliphatic hydroxyl groups is 1. The number of nitrogens with zero attached hydrogens (tertiary/aromatic N) is 1. The third-order valence-electron chi connectivity index (χ3n) is 6.10. The van der Waals surface area contributed by atoms with Crippen LogP contribution in [0.4, 0.5) is 18.0 Å². The maximum absolute atomic E-state index is 13.1. The summed E-state index contributed by atoms with van der Waals surface area (Å²) < 4.78 is 49.9. The normalized spacial score (nSPS) is 20.4. The van der Waals surface area contributed by atoms with Crippen molar-refractivity contribution in [2.24, 2.45) is 5.92 Å². The fraction of sp³-hybridized carbons (Fsp3) is 0.500. The Morgan fingerprint density at radius 1 is 1.11 bits per heavy atom. The molecule has 1 aliphatic rings. The molecule has 1 fully saturated rings. The second-order valence-corrected chi connectivity index (χ2v) is 9.89. The summed E-state index contributed by atoms with van der Waals surface area (Å²) in [5.74, 6) is -0.164. The van der Waals surface area contributed by atoms with Crippen molar-refractivity contribution in [3.8, 4) is 5.75 Å². The summed E-state index contributed by atoms with van der Waals surface area (Å²) >= 11 is 0. The Balaban J connectivity index is 1.83. The lowest BCUT2D eigenvalue weighted by Gasteiger charge is -2.28. The van der Waals surface area contributed by atoms with Crippen molar-refractivity contribution in [2.75, 3.05) is 20.2 Å². The number of amides is 1. The van der Waals surface area contributed by atoms with Gasteiger partial charge in [-0.3, -0.25) is 5.32 Å². The highest BCUT2D eigenvalue weighted by Gasteiger charge is 2.42. The Bertz CT molecular complexity index is 1000. The molecule has 0 aromatic heterocycles. The van der Waals surface area contributed by atoms with Gasteiger partial charge in [0.05, 0.1) is 12.7 Å². The van der Waals surface area contributed by atoms with Crippen molar-refractivity contribution < 1.29 is 32.5 Å². The van der Waals surface area contributed by atoms with Crippen LogP contribution in [0.25, 0.3) is 0 Å². The van der Waals surface area contributed by atoms with E-state index in [1.165, 1.54) is 17.0 Å². The molecule has 4 atom stereocenters. The molecule has 1 saturated heterocycles. The minimum atomic E-state index is -4.44. The molecule has 0 spiro atoms. The van der Waals surface area contributed by atoms with Crippen LogP contribution >= 0.6 is 0 Å². The zero-order valence-corrected chi connectivity index (χ0v) is 20.6. The molecule has 2 aromatic carbocycles. The van der Waals surface area contributed by atoms with Crippen molar-refractivity contribution in [1.82, 2.24) is 10.2 Å². The Labute approximate surface area is 204 Å². The summed E-state index contributed by atoms with van der Waals surface area (Å²) in [7, 11) is 1.57. The first kappa shape index (κ1) is 26.8. The molecule has 1 amide bonds. The van der Waals surface area contributed by atoms with Crippen molar-refractivity contribution in [3.05, 3.63) is 65.2 Å². The number of nitrogens with one attached hydrogen (secondary N) is 1. The van der Waals surface area contributed by atoms with Gasteiger partial charge in [0.2, 0.25) is 0 Å². The number of hydrogen-bond donors (Lipinski definition) is 2. The number of aliphatic hydroxyl groups excluding tert-OH is 1. The van der Waals surface area contributed by atoms with Crippen LogP contribution in [0.5, 0.6) is 5.75 Å². The van der Waals surface area contributed by atoms with Crippen LogP contribution in [0.2, 0.25) is 0 Å². The number of ether oxygens (including phenoxy) is 2. The van der Waals surface area contributed by atoms with Gasteiger partial charge in [-0.15, -0.1) is 0 Å². The number of alkyl halides is 3. The average molecular weight is 495 g/mol. The van der Waals surface area contributed by atoms with E-state index in [9.17, 15) is 23.1 Å². The molecule has 2 aromatic rings. The largest absolute Gasteiger partial charge is 0.497 e. The molecule has 2 N–H and O–H groups in total. The highest BCUT2D eigenvalue weighted by atomic mass is 19.4. The van der Waals surface area contributed by atoms with E-state index < -0.39 is 35.6 Å². The molecule has 0 aliphatic carbocycles. The number of methoxy groups -OCH3 is 1. The topological polar surface area (TPSA) is 71.0 Å². The number of rotatable bonds is 6. The zero-order chi connectivity index (χ0) is 26.0. The van der Waals surface area contributed by atoms with Gasteiger partial charge in [-0.05, 0) is 63.1 Å². The van der Waals surface area contributed by atoms with Crippen molar-refractivity contribution in [1.29, 1.82) is 0 Å². The molecule has 9 heteroatoms. The van der Waals surface area contributed by atoms with Gasteiger partial charge < -0.3 is 19.5 Å². The molecule has 1 unspecified atom stereocenters. The third-order valence-corrected chi connectivity index (χ3v) is 6.10. The Morgan fingerprint density at radius 2 is 1.77 bits per heavy atom. The monoisotopic (exact) mass is 494 g/mol. The molecule has 6 nitrogen and oxygen atoms in total. The van der Waals surface area contributed by atoms with E-state index in [0.29, 0.717) is 11.3 Å². The molecular formula is C26H33F3N2O4. The lowest BCUT2D eigenvalue weighted by Crippen LogP contribution is -2.41. The third kappa shape index (κ3) is 6.89. The highest BCUT2D eigenvalue weighted by Crippen LogP contribution is 2.37. The van der Waals surface area contributed by atoms with Gasteiger partial charge in [-0.2, -0.15) is 13.2 Å². The van der Waals surface area contributed by atoms with Gasteiger partial charge in [0.25, 0.3) is 0 Å². The Morgan fingerprint density at radius 3 is 2.34 bits per heavy atom. The van der Waals surface area contributed by atoms with E-state index in [2.05, 4.69) is 5.32 Å². The minimum absolute atomic E-state index is 0.194. The first-order chi connectivity index (χ1) is 16.3. The van der Waals surface area contributed by atoms with Crippen LogP contribution in [-0.2, 0) is 10.9 Å². The summed E-state index contributed by atoms with van der Waals surface area (Å²) in [6, 6.07) is 12.1. The maximum atomic E-state index is 13.1. The first-order valence-corrected chi connectivity index (χ1v) is 11.5. The highest BCUT2D eigenvalue weighted by molar-refractivity contribution is 5.68. The number of hydrogen-bond acceptors (Lipinski definition) is 5. The molecule has 0 bridgehead atoms. The predicted octanol–water partition coefficient (Wildman–Crippen LogP) is 5.33. The summed E-state index contributed by atoms with van der Waals surface area (Å²) in [6.07, 6.45) is -6.00. The summed E-state index contributed by atoms with van der Waals surface area (Å²) in [5.41, 5.74) is 0.0714. The van der Waals surface area contributed by atoms with Gasteiger partial charge in [-0.25, -0.2) is 4.79 Å². The summed E-state index contributed by atoms with van der Waals surface area (Å²) in [4.78, 5) is 14.2. The lowest BCUT2D eigenvalue weighted by molar-refractivity contribution is -0.137. The number of likely N-dealkylation sites (tertiary alicyclic amines) is 1. The number of benzene rings is 2. The van der Waals surface area contributed by atoms with Crippen molar-refractivity contribution in [3.63, 3.8) is 0 Å².